The van der Waals surface area contributed by atoms with Gasteiger partial charge in [-0.05, 0) is 31.5 Å². The van der Waals surface area contributed by atoms with Gasteiger partial charge >= 0.3 is 0 Å². The molecule has 0 fully saturated rings. The van der Waals surface area contributed by atoms with Crippen LogP contribution in [0.2, 0.25) is 0 Å². The standard InChI is InChI=1S/C13H14N2O2/c1-8-4-5-10(7-12(8)17-3)11-6-9(2)13(16)15-14-11/h4-7H,1-3H3,(H,15,16). The van der Waals surface area contributed by atoms with Crippen molar-refractivity contribution in [2.24, 2.45) is 0 Å². The molecule has 0 aliphatic carbocycles. The van der Waals surface area contributed by atoms with Gasteiger partial charge in [-0.25, -0.2) is 5.10 Å². The third-order valence-electron chi connectivity index (χ3n) is 2.69. The molecule has 1 aromatic carbocycles. The van der Waals surface area contributed by atoms with E-state index < -0.39 is 0 Å². The Labute approximate surface area is 99.3 Å². The van der Waals surface area contributed by atoms with E-state index in [-0.39, 0.29) is 5.56 Å². The summed E-state index contributed by atoms with van der Waals surface area (Å²) in [4.78, 5) is 11.2. The van der Waals surface area contributed by atoms with Crippen LogP contribution in [0.1, 0.15) is 11.1 Å². The lowest BCUT2D eigenvalue weighted by Crippen LogP contribution is -2.11. The Morgan fingerprint density at radius 2 is 1.94 bits per heavy atom. The van der Waals surface area contributed by atoms with Gasteiger partial charge < -0.3 is 4.74 Å². The van der Waals surface area contributed by atoms with Gasteiger partial charge in [-0.2, -0.15) is 5.10 Å². The summed E-state index contributed by atoms with van der Waals surface area (Å²) in [5.41, 5.74) is 3.21. The van der Waals surface area contributed by atoms with Gasteiger partial charge in [-0.15, -0.1) is 0 Å². The third kappa shape index (κ3) is 2.20. The molecule has 0 aliphatic rings. The molecule has 0 saturated carbocycles. The highest BCUT2D eigenvalue weighted by molar-refractivity contribution is 5.62. The fraction of sp³-hybridized carbons (Fsp3) is 0.231. The zero-order chi connectivity index (χ0) is 12.4. The van der Waals surface area contributed by atoms with Crippen molar-refractivity contribution < 1.29 is 4.74 Å². The average Bonchev–Trinajstić information content (AvgIpc) is 2.33. The molecule has 2 aromatic rings. The van der Waals surface area contributed by atoms with E-state index in [1.165, 1.54) is 0 Å². The molecule has 0 radical (unpaired) electrons. The van der Waals surface area contributed by atoms with Crippen molar-refractivity contribution in [1.82, 2.24) is 10.2 Å². The highest BCUT2D eigenvalue weighted by atomic mass is 16.5. The average molecular weight is 230 g/mol. The normalized spacial score (nSPS) is 10.3. The second-order valence-corrected chi connectivity index (χ2v) is 3.95. The van der Waals surface area contributed by atoms with Crippen LogP contribution in [-0.4, -0.2) is 17.3 Å². The number of H-pyrrole nitrogens is 1. The first-order valence-corrected chi connectivity index (χ1v) is 5.33. The number of aromatic nitrogens is 2. The maximum absolute atomic E-state index is 11.2. The number of methoxy groups -OCH3 is 1. The number of nitrogens with one attached hydrogen (secondary N) is 1. The molecule has 1 N–H and O–H groups in total. The van der Waals surface area contributed by atoms with Gasteiger partial charge in [-0.1, -0.05) is 12.1 Å². The summed E-state index contributed by atoms with van der Waals surface area (Å²) in [7, 11) is 1.64. The molecule has 0 spiro atoms. The van der Waals surface area contributed by atoms with Crippen LogP contribution in [0.15, 0.2) is 29.1 Å². The number of ether oxygens (including phenoxy) is 1. The molecule has 2 rings (SSSR count). The number of hydrogen-bond acceptors (Lipinski definition) is 3. The molecule has 1 heterocycles. The summed E-state index contributed by atoms with van der Waals surface area (Å²) < 4.78 is 5.26. The number of nitrogens with zero attached hydrogens (tertiary/aromatic N) is 1. The molecular weight excluding hydrogens is 216 g/mol. The predicted molar refractivity (Wildman–Crippen MR) is 66.3 cm³/mol. The lowest BCUT2D eigenvalue weighted by atomic mass is 10.1. The second kappa shape index (κ2) is 4.41. The van der Waals surface area contributed by atoms with Gasteiger partial charge in [0.2, 0.25) is 0 Å². The molecule has 88 valence electrons. The Hall–Kier alpha value is -2.10. The molecule has 4 nitrogen and oxygen atoms in total. The molecule has 0 unspecified atom stereocenters. The summed E-state index contributed by atoms with van der Waals surface area (Å²) in [6.45, 7) is 3.74. The van der Waals surface area contributed by atoms with Gasteiger partial charge in [0.25, 0.3) is 5.56 Å². The van der Waals surface area contributed by atoms with Gasteiger partial charge in [0.1, 0.15) is 5.75 Å². The lowest BCUT2D eigenvalue weighted by molar-refractivity contribution is 0.412. The third-order valence-corrected chi connectivity index (χ3v) is 2.69. The number of rotatable bonds is 2. The molecule has 4 heteroatoms. The SMILES string of the molecule is COc1cc(-c2cc(C)c(=O)[nH]n2)ccc1C. The summed E-state index contributed by atoms with van der Waals surface area (Å²) >= 11 is 0. The molecule has 0 atom stereocenters. The van der Waals surface area contributed by atoms with Crippen LogP contribution >= 0.6 is 0 Å². The summed E-state index contributed by atoms with van der Waals surface area (Å²) in [5.74, 6) is 0.813. The van der Waals surface area contributed by atoms with Gasteiger partial charge in [0.15, 0.2) is 0 Å². The minimum Gasteiger partial charge on any atom is -0.496 e. The molecule has 0 bridgehead atoms. The zero-order valence-electron chi connectivity index (χ0n) is 10.1. The molecule has 0 aliphatic heterocycles. The van der Waals surface area contributed by atoms with E-state index in [2.05, 4.69) is 10.2 Å². The Bertz CT molecular complexity index is 603. The van der Waals surface area contributed by atoms with Crippen LogP contribution in [-0.2, 0) is 0 Å². The Kier molecular flexibility index (Phi) is 2.95. The largest absolute Gasteiger partial charge is 0.496 e. The Morgan fingerprint density at radius 1 is 1.18 bits per heavy atom. The first-order valence-electron chi connectivity index (χ1n) is 5.33. The van der Waals surface area contributed by atoms with Crippen molar-refractivity contribution in [2.45, 2.75) is 13.8 Å². The van der Waals surface area contributed by atoms with E-state index >= 15 is 0 Å². The van der Waals surface area contributed by atoms with Crippen molar-refractivity contribution in [1.29, 1.82) is 0 Å². The van der Waals surface area contributed by atoms with Gasteiger partial charge in [0.05, 0.1) is 12.8 Å². The smallest absolute Gasteiger partial charge is 0.267 e. The monoisotopic (exact) mass is 230 g/mol. The molecule has 0 amide bonds. The van der Waals surface area contributed by atoms with E-state index in [1.54, 1.807) is 20.1 Å². The van der Waals surface area contributed by atoms with Crippen molar-refractivity contribution in [3.8, 4) is 17.0 Å². The number of aromatic amines is 1. The Balaban J connectivity index is 2.52. The highest BCUT2D eigenvalue weighted by Gasteiger charge is 2.05. The van der Waals surface area contributed by atoms with E-state index in [4.69, 9.17) is 4.74 Å². The lowest BCUT2D eigenvalue weighted by Gasteiger charge is -2.07. The van der Waals surface area contributed by atoms with Crippen molar-refractivity contribution in [2.75, 3.05) is 7.11 Å². The van der Waals surface area contributed by atoms with E-state index in [0.29, 0.717) is 5.56 Å². The quantitative estimate of drug-likeness (QED) is 0.859. The Morgan fingerprint density at radius 3 is 2.59 bits per heavy atom. The van der Waals surface area contributed by atoms with E-state index in [1.807, 2.05) is 25.1 Å². The van der Waals surface area contributed by atoms with Crippen LogP contribution in [0, 0.1) is 13.8 Å². The predicted octanol–water partition coefficient (Wildman–Crippen LogP) is 2.06. The van der Waals surface area contributed by atoms with Crippen molar-refractivity contribution in [3.05, 3.63) is 45.7 Å². The first-order chi connectivity index (χ1) is 8.11. The van der Waals surface area contributed by atoms with Crippen molar-refractivity contribution in [3.63, 3.8) is 0 Å². The molecule has 0 saturated heterocycles. The van der Waals surface area contributed by atoms with Crippen LogP contribution in [0.4, 0.5) is 0 Å². The minimum atomic E-state index is -0.159. The topological polar surface area (TPSA) is 55.0 Å². The maximum atomic E-state index is 11.2. The van der Waals surface area contributed by atoms with Crippen LogP contribution < -0.4 is 10.3 Å². The summed E-state index contributed by atoms with van der Waals surface area (Å²) in [6, 6.07) is 7.60. The van der Waals surface area contributed by atoms with Gasteiger partial charge in [0, 0.05) is 11.1 Å². The molecule has 1 aromatic heterocycles. The number of benzene rings is 1. The van der Waals surface area contributed by atoms with E-state index in [9.17, 15) is 4.79 Å². The molecule has 17 heavy (non-hydrogen) atoms. The zero-order valence-corrected chi connectivity index (χ0v) is 10.1. The second-order valence-electron chi connectivity index (χ2n) is 3.95. The fourth-order valence-electron chi connectivity index (χ4n) is 1.63. The molecular formula is C13H14N2O2. The first kappa shape index (κ1) is 11.4. The minimum absolute atomic E-state index is 0.159. The maximum Gasteiger partial charge on any atom is 0.267 e. The van der Waals surface area contributed by atoms with E-state index in [0.717, 1.165) is 22.6 Å². The van der Waals surface area contributed by atoms with Crippen molar-refractivity contribution >= 4 is 0 Å². The number of hydrogen-bond donors (Lipinski definition) is 1. The number of aryl methyl sites for hydroxylation is 2. The van der Waals surface area contributed by atoms with Crippen LogP contribution in [0.5, 0.6) is 5.75 Å². The fourth-order valence-corrected chi connectivity index (χ4v) is 1.63. The summed E-state index contributed by atoms with van der Waals surface area (Å²) in [6.07, 6.45) is 0. The van der Waals surface area contributed by atoms with Crippen LogP contribution in [0.3, 0.4) is 0 Å². The van der Waals surface area contributed by atoms with Crippen LogP contribution in [0.25, 0.3) is 11.3 Å². The summed E-state index contributed by atoms with van der Waals surface area (Å²) in [5, 5.41) is 6.49. The van der Waals surface area contributed by atoms with Gasteiger partial charge in [-0.3, -0.25) is 4.79 Å². The highest BCUT2D eigenvalue weighted by Crippen LogP contribution is 2.25.